The van der Waals surface area contributed by atoms with Gasteiger partial charge in [0.1, 0.15) is 11.4 Å². The predicted molar refractivity (Wildman–Crippen MR) is 102 cm³/mol. The van der Waals surface area contributed by atoms with Crippen molar-refractivity contribution in [3.05, 3.63) is 64.2 Å². The van der Waals surface area contributed by atoms with E-state index in [4.69, 9.17) is 9.73 Å². The molecule has 2 aliphatic rings. The highest BCUT2D eigenvalue weighted by molar-refractivity contribution is 8.13. The maximum absolute atomic E-state index is 12.8. The normalized spacial score (nSPS) is 18.3. The molecule has 0 bridgehead atoms. The fourth-order valence-corrected chi connectivity index (χ4v) is 3.56. The lowest BCUT2D eigenvalue weighted by atomic mass is 10.1. The van der Waals surface area contributed by atoms with Gasteiger partial charge in [-0.2, -0.15) is 0 Å². The van der Waals surface area contributed by atoms with Crippen molar-refractivity contribution >= 4 is 28.5 Å². The molecule has 2 aromatic carbocycles. The second-order valence-corrected chi connectivity index (χ2v) is 6.80. The summed E-state index contributed by atoms with van der Waals surface area (Å²) in [6, 6.07) is 13.6. The number of methoxy groups -OCH3 is 1. The van der Waals surface area contributed by atoms with Crippen LogP contribution in [0.2, 0.25) is 0 Å². The minimum absolute atomic E-state index is 0.165. The Labute approximate surface area is 155 Å². The van der Waals surface area contributed by atoms with Crippen LogP contribution < -0.4 is 20.6 Å². The molecular formula is C19H18N4O2S. The molecule has 0 spiro atoms. The first-order chi connectivity index (χ1) is 12.6. The zero-order valence-corrected chi connectivity index (χ0v) is 15.5. The fraction of sp³-hybridized carbons (Fsp3) is 0.211. The molecule has 0 saturated heterocycles. The van der Waals surface area contributed by atoms with Crippen LogP contribution in [-0.2, 0) is 4.79 Å². The number of amidine groups is 1. The number of aryl methyl sites for hydroxylation is 1. The Morgan fingerprint density at radius 1 is 1.23 bits per heavy atom. The molecule has 0 fully saturated rings. The van der Waals surface area contributed by atoms with Gasteiger partial charge in [0, 0.05) is 5.22 Å². The molecule has 26 heavy (non-hydrogen) atoms. The van der Waals surface area contributed by atoms with Crippen LogP contribution in [0.1, 0.15) is 17.3 Å². The summed E-state index contributed by atoms with van der Waals surface area (Å²) in [6.07, 6.45) is 1.48. The number of nitrogens with zero attached hydrogens (tertiary/aromatic N) is 3. The average molecular weight is 366 g/mol. The zero-order chi connectivity index (χ0) is 18.3. The van der Waals surface area contributed by atoms with Crippen molar-refractivity contribution in [2.24, 2.45) is 10.1 Å². The molecule has 0 saturated carbocycles. The summed E-state index contributed by atoms with van der Waals surface area (Å²) >= 11 is 1.39. The summed E-state index contributed by atoms with van der Waals surface area (Å²) in [4.78, 5) is 17.6. The number of hydrogen-bond donors (Lipinski definition) is 1. The van der Waals surface area contributed by atoms with Crippen molar-refractivity contribution in [3.63, 3.8) is 0 Å². The number of carbonyl (C=O) groups is 1. The van der Waals surface area contributed by atoms with Crippen molar-refractivity contribution in [1.82, 2.24) is 10.3 Å². The smallest absolute Gasteiger partial charge is 0.276 e. The maximum atomic E-state index is 12.8. The lowest BCUT2D eigenvalue weighted by molar-refractivity contribution is -0.116. The molecule has 2 aromatic rings. The molecule has 1 N–H and O–H groups in total. The van der Waals surface area contributed by atoms with Crippen molar-refractivity contribution in [2.75, 3.05) is 13.4 Å². The van der Waals surface area contributed by atoms with Crippen LogP contribution in [0.5, 0.6) is 5.75 Å². The topological polar surface area (TPSA) is 66.3 Å². The lowest BCUT2D eigenvalue weighted by Crippen LogP contribution is -2.50. The minimum Gasteiger partial charge on any atom is -0.496 e. The van der Waals surface area contributed by atoms with Crippen LogP contribution in [-0.4, -0.2) is 29.4 Å². The number of ether oxygens (including phenoxy) is 1. The maximum Gasteiger partial charge on any atom is 0.276 e. The van der Waals surface area contributed by atoms with Gasteiger partial charge in [-0.15, -0.1) is 5.10 Å². The van der Waals surface area contributed by atoms with Crippen molar-refractivity contribution in [3.8, 4) is 5.75 Å². The number of para-hydroxylation sites is 1. The predicted octanol–water partition coefficient (Wildman–Crippen LogP) is 1.51. The first-order valence-corrected chi connectivity index (χ1v) is 9.39. The summed E-state index contributed by atoms with van der Waals surface area (Å²) in [5.41, 5.74) is 2.48. The van der Waals surface area contributed by atoms with Gasteiger partial charge in [-0.3, -0.25) is 15.1 Å². The highest BCUT2D eigenvalue weighted by atomic mass is 32.2. The lowest BCUT2D eigenvalue weighted by Gasteiger charge is -2.34. The summed E-state index contributed by atoms with van der Waals surface area (Å²) in [5, 5.41) is 11.3. The first-order valence-electron chi connectivity index (χ1n) is 8.17. The number of hydrogen-bond acceptors (Lipinski definition) is 6. The van der Waals surface area contributed by atoms with Crippen LogP contribution in [0.25, 0.3) is 5.70 Å². The molecule has 6 nitrogen and oxygen atoms in total. The second kappa shape index (κ2) is 6.49. The van der Waals surface area contributed by atoms with E-state index in [-0.39, 0.29) is 5.91 Å². The van der Waals surface area contributed by atoms with Crippen LogP contribution in [0.4, 0.5) is 0 Å². The third kappa shape index (κ3) is 2.64. The van der Waals surface area contributed by atoms with E-state index in [9.17, 15) is 4.79 Å². The fourth-order valence-electron chi connectivity index (χ4n) is 3.20. The SMILES string of the molecule is COc1ccc(C2N=c3ccccc3=C3C(=O)NC(SC)=NN32)cc1C. The Kier molecular flexibility index (Phi) is 4.16. The van der Waals surface area contributed by atoms with E-state index < -0.39 is 6.17 Å². The zero-order valence-electron chi connectivity index (χ0n) is 14.7. The Balaban J connectivity index is 1.95. The van der Waals surface area contributed by atoms with Crippen LogP contribution in [0, 0.1) is 6.92 Å². The van der Waals surface area contributed by atoms with E-state index >= 15 is 0 Å². The minimum atomic E-state index is -0.405. The van der Waals surface area contributed by atoms with Gasteiger partial charge < -0.3 is 4.74 Å². The van der Waals surface area contributed by atoms with Gasteiger partial charge in [-0.1, -0.05) is 36.0 Å². The standard InChI is InChI=1S/C19H18N4O2S/c1-11-10-12(8-9-15(11)25-2)17-20-14-7-5-4-6-13(14)16-18(24)21-19(26-3)22-23(16)17/h4-10,17H,1-3H3,(H,21,22,24). The summed E-state index contributed by atoms with van der Waals surface area (Å²) in [6.45, 7) is 1.99. The highest BCUT2D eigenvalue weighted by Crippen LogP contribution is 2.32. The van der Waals surface area contributed by atoms with Crippen LogP contribution >= 0.6 is 11.8 Å². The number of thioether (sulfide) groups is 1. The summed E-state index contributed by atoms with van der Waals surface area (Å²) in [7, 11) is 1.65. The van der Waals surface area contributed by atoms with Gasteiger partial charge in [0.15, 0.2) is 11.3 Å². The molecule has 1 amide bonds. The number of benzene rings is 2. The Morgan fingerprint density at radius 2 is 2.04 bits per heavy atom. The second-order valence-electron chi connectivity index (χ2n) is 6.01. The first kappa shape index (κ1) is 16.7. The van der Waals surface area contributed by atoms with E-state index in [2.05, 4.69) is 10.4 Å². The average Bonchev–Trinajstić information content (AvgIpc) is 2.66. The van der Waals surface area contributed by atoms with E-state index in [0.29, 0.717) is 10.9 Å². The third-order valence-corrected chi connectivity index (χ3v) is 5.00. The van der Waals surface area contributed by atoms with Gasteiger partial charge in [0.2, 0.25) is 0 Å². The summed E-state index contributed by atoms with van der Waals surface area (Å²) < 4.78 is 5.36. The number of nitrogens with one attached hydrogen (secondary N) is 1. The van der Waals surface area contributed by atoms with E-state index in [1.165, 1.54) is 11.8 Å². The van der Waals surface area contributed by atoms with Crippen LogP contribution in [0.15, 0.2) is 52.6 Å². The molecule has 2 aliphatic heterocycles. The van der Waals surface area contributed by atoms with Gasteiger partial charge in [-0.05, 0) is 42.5 Å². The molecule has 0 aliphatic carbocycles. The molecule has 2 heterocycles. The molecule has 0 aromatic heterocycles. The van der Waals surface area contributed by atoms with E-state index in [1.54, 1.807) is 12.1 Å². The molecule has 0 radical (unpaired) electrons. The summed E-state index contributed by atoms with van der Waals surface area (Å²) in [5.74, 6) is 0.654. The van der Waals surface area contributed by atoms with E-state index in [0.717, 1.165) is 27.5 Å². The van der Waals surface area contributed by atoms with Gasteiger partial charge in [0.05, 0.1) is 12.5 Å². The number of hydrazone groups is 1. The third-order valence-electron chi connectivity index (χ3n) is 4.43. The Hall–Kier alpha value is -2.80. The monoisotopic (exact) mass is 366 g/mol. The molecule has 132 valence electrons. The van der Waals surface area contributed by atoms with Crippen LogP contribution in [0.3, 0.4) is 0 Å². The number of amides is 1. The van der Waals surface area contributed by atoms with Gasteiger partial charge in [-0.25, -0.2) is 5.01 Å². The van der Waals surface area contributed by atoms with Gasteiger partial charge in [0.25, 0.3) is 5.91 Å². The molecule has 1 unspecified atom stereocenters. The molecular weight excluding hydrogens is 348 g/mol. The van der Waals surface area contributed by atoms with Gasteiger partial charge >= 0.3 is 0 Å². The van der Waals surface area contributed by atoms with Crippen molar-refractivity contribution in [2.45, 2.75) is 13.1 Å². The number of carbonyl (C=O) groups excluding carboxylic acids is 1. The Morgan fingerprint density at radius 3 is 2.77 bits per heavy atom. The molecule has 1 atom stereocenters. The Bertz CT molecular complexity index is 1050. The number of fused-ring (bicyclic) bond motifs is 2. The number of rotatable bonds is 2. The van der Waals surface area contributed by atoms with Crippen molar-refractivity contribution in [1.29, 1.82) is 0 Å². The largest absolute Gasteiger partial charge is 0.496 e. The molecule has 7 heteroatoms. The van der Waals surface area contributed by atoms with E-state index in [1.807, 2.05) is 55.6 Å². The molecule has 4 rings (SSSR count). The van der Waals surface area contributed by atoms with Crippen molar-refractivity contribution < 1.29 is 9.53 Å². The highest BCUT2D eigenvalue weighted by Gasteiger charge is 2.34. The quantitative estimate of drug-likeness (QED) is 0.875.